The fourth-order valence-electron chi connectivity index (χ4n) is 2.08. The van der Waals surface area contributed by atoms with Crippen LogP contribution in [0.4, 0.5) is 4.39 Å². The highest BCUT2D eigenvalue weighted by molar-refractivity contribution is 5.80. The summed E-state index contributed by atoms with van der Waals surface area (Å²) in [7, 11) is 0. The Hall–Kier alpha value is -0.640. The lowest BCUT2D eigenvalue weighted by atomic mass is 9.95. The van der Waals surface area contributed by atoms with Gasteiger partial charge in [-0.2, -0.15) is 0 Å². The maximum absolute atomic E-state index is 13.0. The minimum Gasteiger partial charge on any atom is -0.394 e. The van der Waals surface area contributed by atoms with Crippen molar-refractivity contribution in [1.29, 1.82) is 0 Å². The number of aliphatic hydroxyl groups excluding tert-OH is 1. The standard InChI is InChI=1S/C8H12FNO2/c9-6-3-8(5-11)2-1-7(12)10(8)4-6/h6,11H,1-5H2/t6-,8+/m0/s1/i2D/t2?,6-,8+. The van der Waals surface area contributed by atoms with Crippen molar-refractivity contribution < 1.29 is 15.7 Å². The molecule has 2 fully saturated rings. The zero-order valence-corrected chi connectivity index (χ0v) is 6.66. The van der Waals surface area contributed by atoms with Crippen LogP contribution in [0.1, 0.15) is 20.6 Å². The van der Waals surface area contributed by atoms with E-state index >= 15 is 0 Å². The van der Waals surface area contributed by atoms with Gasteiger partial charge in [-0.1, -0.05) is 0 Å². The summed E-state index contributed by atoms with van der Waals surface area (Å²) in [6.07, 6.45) is -1.52. The molecule has 2 aliphatic rings. The molecule has 4 heteroatoms. The van der Waals surface area contributed by atoms with Crippen molar-refractivity contribution in [2.75, 3.05) is 13.2 Å². The van der Waals surface area contributed by atoms with Gasteiger partial charge >= 0.3 is 0 Å². The number of aliphatic hydroxyl groups is 1. The van der Waals surface area contributed by atoms with Crippen LogP contribution in [-0.4, -0.2) is 40.8 Å². The van der Waals surface area contributed by atoms with Gasteiger partial charge in [0.25, 0.3) is 0 Å². The fraction of sp³-hybridized carbons (Fsp3) is 0.875. The van der Waals surface area contributed by atoms with Gasteiger partial charge in [-0.05, 0) is 6.40 Å². The van der Waals surface area contributed by atoms with Gasteiger partial charge in [-0.3, -0.25) is 4.79 Å². The molecule has 3 atom stereocenters. The van der Waals surface area contributed by atoms with Gasteiger partial charge in [0.1, 0.15) is 6.17 Å². The molecule has 0 spiro atoms. The van der Waals surface area contributed by atoms with E-state index in [4.69, 9.17) is 6.48 Å². The average Bonchev–Trinajstić information content (AvgIpc) is 2.52. The van der Waals surface area contributed by atoms with E-state index in [-0.39, 0.29) is 31.9 Å². The average molecular weight is 174 g/mol. The Kier molecular flexibility index (Phi) is 1.38. The molecule has 1 amide bonds. The van der Waals surface area contributed by atoms with Crippen molar-refractivity contribution >= 4 is 5.91 Å². The van der Waals surface area contributed by atoms with Gasteiger partial charge in [-0.25, -0.2) is 4.39 Å². The first-order valence-corrected chi connectivity index (χ1v) is 4.08. The van der Waals surface area contributed by atoms with E-state index in [1.807, 2.05) is 0 Å². The van der Waals surface area contributed by atoms with Crippen molar-refractivity contribution in [3.8, 4) is 0 Å². The zero-order chi connectivity index (χ0) is 9.64. The van der Waals surface area contributed by atoms with Crippen LogP contribution in [0, 0.1) is 0 Å². The van der Waals surface area contributed by atoms with Crippen LogP contribution in [0.15, 0.2) is 0 Å². The van der Waals surface area contributed by atoms with Crippen LogP contribution in [-0.2, 0) is 4.79 Å². The molecule has 0 aromatic carbocycles. The first-order valence-electron chi connectivity index (χ1n) is 4.65. The third-order valence-electron chi connectivity index (χ3n) is 2.72. The lowest BCUT2D eigenvalue weighted by Crippen LogP contribution is -2.43. The molecule has 2 rings (SSSR count). The Labute approximate surface area is 71.6 Å². The first-order chi connectivity index (χ1) is 6.10. The van der Waals surface area contributed by atoms with E-state index in [1.54, 1.807) is 0 Å². The molecule has 1 N–H and O–H groups in total. The highest BCUT2D eigenvalue weighted by Gasteiger charge is 2.51. The minimum absolute atomic E-state index is 0.0504. The molecular formula is C8H12FNO2. The number of hydrogen-bond donors (Lipinski definition) is 1. The van der Waals surface area contributed by atoms with Crippen LogP contribution in [0.3, 0.4) is 0 Å². The van der Waals surface area contributed by atoms with Gasteiger partial charge in [0.2, 0.25) is 5.91 Å². The second-order valence-corrected chi connectivity index (χ2v) is 3.48. The molecule has 2 saturated heterocycles. The van der Waals surface area contributed by atoms with Crippen molar-refractivity contribution in [3.05, 3.63) is 0 Å². The van der Waals surface area contributed by atoms with Crippen molar-refractivity contribution in [3.63, 3.8) is 0 Å². The zero-order valence-electron chi connectivity index (χ0n) is 7.66. The van der Waals surface area contributed by atoms with Gasteiger partial charge in [0.15, 0.2) is 0 Å². The number of hydrogen-bond acceptors (Lipinski definition) is 2. The smallest absolute Gasteiger partial charge is 0.223 e. The van der Waals surface area contributed by atoms with Crippen LogP contribution in [0.5, 0.6) is 0 Å². The Balaban J connectivity index is 2.32. The summed E-state index contributed by atoms with van der Waals surface area (Å²) in [5.41, 5.74) is -0.920. The Bertz CT molecular complexity index is 250. The van der Waals surface area contributed by atoms with E-state index in [0.717, 1.165) is 0 Å². The number of fused-ring (bicyclic) bond motifs is 1. The predicted octanol–water partition coefficient (Wildman–Crippen LogP) is 0.0817. The number of amides is 1. The molecule has 0 aromatic heterocycles. The summed E-state index contributed by atoms with van der Waals surface area (Å²) in [6.45, 7) is -0.248. The SMILES string of the molecule is [2H]C1CC(=O)N2C[C@@H](F)C[C@@]12CO. The van der Waals surface area contributed by atoms with Crippen molar-refractivity contribution in [2.24, 2.45) is 0 Å². The second-order valence-electron chi connectivity index (χ2n) is 3.48. The fourth-order valence-corrected chi connectivity index (χ4v) is 2.08. The van der Waals surface area contributed by atoms with Gasteiger partial charge in [0.05, 0.1) is 18.7 Å². The van der Waals surface area contributed by atoms with Gasteiger partial charge < -0.3 is 10.0 Å². The Morgan fingerprint density at radius 3 is 3.25 bits per heavy atom. The van der Waals surface area contributed by atoms with Crippen LogP contribution < -0.4 is 0 Å². The summed E-state index contributed by atoms with van der Waals surface area (Å²) in [4.78, 5) is 12.6. The minimum atomic E-state index is -1.08. The molecule has 3 nitrogen and oxygen atoms in total. The maximum Gasteiger partial charge on any atom is 0.223 e. The highest BCUT2D eigenvalue weighted by atomic mass is 19.1. The number of nitrogens with zero attached hydrogens (tertiary/aromatic N) is 1. The van der Waals surface area contributed by atoms with Crippen molar-refractivity contribution in [1.82, 2.24) is 4.90 Å². The molecule has 0 saturated carbocycles. The second kappa shape index (κ2) is 2.42. The third-order valence-corrected chi connectivity index (χ3v) is 2.72. The number of halogens is 1. The van der Waals surface area contributed by atoms with E-state index in [1.165, 1.54) is 4.90 Å². The predicted molar refractivity (Wildman–Crippen MR) is 40.3 cm³/mol. The summed E-state index contributed by atoms with van der Waals surface area (Å²) < 4.78 is 20.7. The highest BCUT2D eigenvalue weighted by Crippen LogP contribution is 2.40. The largest absolute Gasteiger partial charge is 0.394 e. The van der Waals surface area contributed by atoms with E-state index in [2.05, 4.69) is 0 Å². The Morgan fingerprint density at radius 2 is 2.67 bits per heavy atom. The molecule has 0 radical (unpaired) electrons. The third kappa shape index (κ3) is 0.874. The number of rotatable bonds is 1. The topological polar surface area (TPSA) is 40.5 Å². The number of carbonyl (C=O) groups excluding carboxylic acids is 1. The van der Waals surface area contributed by atoms with Gasteiger partial charge in [0, 0.05) is 14.2 Å². The molecule has 68 valence electrons. The first kappa shape index (κ1) is 6.83. The van der Waals surface area contributed by atoms with E-state index in [9.17, 15) is 9.18 Å². The van der Waals surface area contributed by atoms with Crippen molar-refractivity contribution in [2.45, 2.75) is 30.9 Å². The summed E-state index contributed by atoms with van der Waals surface area (Å²) >= 11 is 0. The molecule has 0 bridgehead atoms. The summed E-state index contributed by atoms with van der Waals surface area (Å²) in [5.74, 6) is -0.200. The Morgan fingerprint density at radius 1 is 1.92 bits per heavy atom. The quantitative estimate of drug-likeness (QED) is 0.611. The molecule has 0 aromatic rings. The van der Waals surface area contributed by atoms with E-state index in [0.29, 0.717) is 0 Å². The number of alkyl halides is 1. The van der Waals surface area contributed by atoms with E-state index < -0.39 is 18.1 Å². The van der Waals surface area contributed by atoms with Crippen LogP contribution in [0.2, 0.25) is 0 Å². The maximum atomic E-state index is 13.0. The lowest BCUT2D eigenvalue weighted by molar-refractivity contribution is -0.130. The summed E-state index contributed by atoms with van der Waals surface area (Å²) in [6, 6.07) is 0. The number of carbonyl (C=O) groups is 1. The lowest BCUT2D eigenvalue weighted by Gasteiger charge is -2.28. The van der Waals surface area contributed by atoms with Crippen LogP contribution in [0.25, 0.3) is 0 Å². The van der Waals surface area contributed by atoms with Gasteiger partial charge in [-0.15, -0.1) is 0 Å². The molecular weight excluding hydrogens is 161 g/mol. The molecule has 12 heavy (non-hydrogen) atoms. The molecule has 2 aliphatic heterocycles. The van der Waals surface area contributed by atoms with Crippen LogP contribution >= 0.6 is 0 Å². The molecule has 1 unspecified atom stereocenters. The molecule has 2 heterocycles. The normalized spacial score (nSPS) is 48.0. The summed E-state index contributed by atoms with van der Waals surface area (Å²) in [5, 5.41) is 9.15. The molecule has 0 aliphatic carbocycles. The monoisotopic (exact) mass is 174 g/mol.